The van der Waals surface area contributed by atoms with E-state index in [2.05, 4.69) is 15.8 Å². The number of carbonyl (C=O) groups is 2. The van der Waals surface area contributed by atoms with E-state index < -0.39 is 11.8 Å². The number of rotatable bonds is 6. The highest BCUT2D eigenvalue weighted by molar-refractivity contribution is 6.39. The molecule has 3 rings (SSSR count). The van der Waals surface area contributed by atoms with E-state index in [1.807, 2.05) is 30.3 Å². The van der Waals surface area contributed by atoms with Crippen LogP contribution in [0.15, 0.2) is 84.0 Å². The summed E-state index contributed by atoms with van der Waals surface area (Å²) in [5.74, 6) is -0.981. The average Bonchev–Trinajstić information content (AvgIpc) is 2.75. The fraction of sp³-hybridized carbons (Fsp3) is 0.0455. The topological polar surface area (TPSA) is 79.8 Å². The predicted molar refractivity (Wildman–Crippen MR) is 113 cm³/mol. The van der Waals surface area contributed by atoms with E-state index in [0.29, 0.717) is 17.3 Å². The van der Waals surface area contributed by atoms with Gasteiger partial charge in [-0.15, -0.1) is 0 Å². The van der Waals surface area contributed by atoms with Crippen LogP contribution in [0.1, 0.15) is 11.1 Å². The Balaban J connectivity index is 1.46. The number of anilines is 1. The highest BCUT2D eigenvalue weighted by atomic mass is 35.5. The van der Waals surface area contributed by atoms with Gasteiger partial charge in [-0.2, -0.15) is 5.10 Å². The van der Waals surface area contributed by atoms with Crippen LogP contribution in [0.25, 0.3) is 0 Å². The van der Waals surface area contributed by atoms with Gasteiger partial charge in [0.2, 0.25) is 0 Å². The summed E-state index contributed by atoms with van der Waals surface area (Å²) in [6, 6.07) is 23.5. The number of nitrogens with zero attached hydrogens (tertiary/aromatic N) is 1. The Labute approximate surface area is 173 Å². The molecule has 29 heavy (non-hydrogen) atoms. The van der Waals surface area contributed by atoms with Gasteiger partial charge in [-0.25, -0.2) is 5.43 Å². The van der Waals surface area contributed by atoms with Gasteiger partial charge in [0, 0.05) is 10.7 Å². The maximum Gasteiger partial charge on any atom is 0.329 e. The lowest BCUT2D eigenvalue weighted by Crippen LogP contribution is -2.32. The number of nitrogens with one attached hydrogen (secondary N) is 2. The molecule has 0 bridgehead atoms. The smallest absolute Gasteiger partial charge is 0.329 e. The molecule has 2 amide bonds. The van der Waals surface area contributed by atoms with Crippen LogP contribution in [0, 0.1) is 0 Å². The highest BCUT2D eigenvalue weighted by Crippen LogP contribution is 2.14. The Bertz CT molecular complexity index is 988. The zero-order valence-corrected chi connectivity index (χ0v) is 16.1. The standard InChI is InChI=1S/C22H18ClN3O3/c23-18-8-10-19(11-9-18)25-21(27)22(28)26-24-14-16-6-12-20(13-7-16)29-15-17-4-2-1-3-5-17/h1-14H,15H2,(H,25,27)(H,26,28). The number of halogens is 1. The van der Waals surface area contributed by atoms with E-state index in [9.17, 15) is 9.59 Å². The molecule has 0 heterocycles. The molecular weight excluding hydrogens is 390 g/mol. The van der Waals surface area contributed by atoms with Crippen LogP contribution >= 0.6 is 11.6 Å². The van der Waals surface area contributed by atoms with Gasteiger partial charge in [-0.3, -0.25) is 9.59 Å². The van der Waals surface area contributed by atoms with Crippen LogP contribution in [0.2, 0.25) is 5.02 Å². The van der Waals surface area contributed by atoms with Gasteiger partial charge in [0.05, 0.1) is 6.21 Å². The molecule has 0 aromatic heterocycles. The highest BCUT2D eigenvalue weighted by Gasteiger charge is 2.12. The molecule has 0 fully saturated rings. The van der Waals surface area contributed by atoms with Gasteiger partial charge in [-0.1, -0.05) is 41.9 Å². The van der Waals surface area contributed by atoms with E-state index in [0.717, 1.165) is 16.9 Å². The average molecular weight is 408 g/mol. The lowest BCUT2D eigenvalue weighted by Gasteiger charge is -2.06. The zero-order valence-electron chi connectivity index (χ0n) is 15.3. The van der Waals surface area contributed by atoms with Crippen molar-refractivity contribution in [1.82, 2.24) is 5.43 Å². The predicted octanol–water partition coefficient (Wildman–Crippen LogP) is 4.01. The van der Waals surface area contributed by atoms with Crippen LogP contribution in [0.5, 0.6) is 5.75 Å². The fourth-order valence-corrected chi connectivity index (χ4v) is 2.45. The first-order valence-corrected chi connectivity index (χ1v) is 9.15. The van der Waals surface area contributed by atoms with E-state index in [1.165, 1.54) is 6.21 Å². The van der Waals surface area contributed by atoms with Crippen molar-refractivity contribution in [2.24, 2.45) is 5.10 Å². The van der Waals surface area contributed by atoms with Crippen molar-refractivity contribution < 1.29 is 14.3 Å². The second-order valence-corrected chi connectivity index (χ2v) is 6.44. The van der Waals surface area contributed by atoms with Crippen molar-refractivity contribution in [3.63, 3.8) is 0 Å². The summed E-state index contributed by atoms with van der Waals surface area (Å²) in [5, 5.41) is 6.78. The molecule has 3 aromatic rings. The number of hydrogen-bond donors (Lipinski definition) is 2. The Morgan fingerprint density at radius 3 is 2.28 bits per heavy atom. The van der Waals surface area contributed by atoms with Gasteiger partial charge in [0.25, 0.3) is 0 Å². The molecule has 0 spiro atoms. The van der Waals surface area contributed by atoms with Gasteiger partial charge < -0.3 is 10.1 Å². The molecule has 146 valence electrons. The lowest BCUT2D eigenvalue weighted by atomic mass is 10.2. The van der Waals surface area contributed by atoms with Crippen LogP contribution < -0.4 is 15.5 Å². The molecule has 0 atom stereocenters. The van der Waals surface area contributed by atoms with E-state index in [-0.39, 0.29) is 0 Å². The van der Waals surface area contributed by atoms with Gasteiger partial charge >= 0.3 is 11.8 Å². The molecule has 0 saturated carbocycles. The molecule has 0 aliphatic heterocycles. The largest absolute Gasteiger partial charge is 0.489 e. The minimum atomic E-state index is -0.876. The summed E-state index contributed by atoms with van der Waals surface area (Å²) in [6.45, 7) is 0.479. The molecule has 6 nitrogen and oxygen atoms in total. The summed E-state index contributed by atoms with van der Waals surface area (Å²) >= 11 is 5.77. The zero-order chi connectivity index (χ0) is 20.5. The summed E-state index contributed by atoms with van der Waals surface area (Å²) < 4.78 is 5.71. The monoisotopic (exact) mass is 407 g/mol. The normalized spacial score (nSPS) is 10.5. The second-order valence-electron chi connectivity index (χ2n) is 6.00. The molecular formula is C22H18ClN3O3. The van der Waals surface area contributed by atoms with Crippen molar-refractivity contribution in [3.05, 3.63) is 95.0 Å². The van der Waals surface area contributed by atoms with Gasteiger partial charge in [0.1, 0.15) is 12.4 Å². The summed E-state index contributed by atoms with van der Waals surface area (Å²) in [5.41, 5.74) is 4.47. The number of amides is 2. The first-order valence-electron chi connectivity index (χ1n) is 8.77. The van der Waals surface area contributed by atoms with Crippen molar-refractivity contribution in [2.45, 2.75) is 6.61 Å². The number of carbonyl (C=O) groups excluding carboxylic acids is 2. The molecule has 0 saturated heterocycles. The maximum absolute atomic E-state index is 11.8. The van der Waals surface area contributed by atoms with E-state index in [1.54, 1.807) is 48.5 Å². The van der Waals surface area contributed by atoms with Crippen molar-refractivity contribution >= 4 is 35.3 Å². The number of benzene rings is 3. The minimum Gasteiger partial charge on any atom is -0.489 e. The minimum absolute atomic E-state index is 0.463. The number of ether oxygens (including phenoxy) is 1. The molecule has 0 aliphatic carbocycles. The molecule has 2 N–H and O–H groups in total. The summed E-state index contributed by atoms with van der Waals surface area (Å²) in [7, 11) is 0. The number of hydrazone groups is 1. The Hall–Kier alpha value is -3.64. The lowest BCUT2D eigenvalue weighted by molar-refractivity contribution is -0.136. The van der Waals surface area contributed by atoms with Crippen molar-refractivity contribution in [3.8, 4) is 5.75 Å². The Morgan fingerprint density at radius 1 is 0.897 bits per heavy atom. The summed E-state index contributed by atoms with van der Waals surface area (Å²) in [4.78, 5) is 23.6. The fourth-order valence-electron chi connectivity index (χ4n) is 2.33. The first-order chi connectivity index (χ1) is 14.1. The van der Waals surface area contributed by atoms with Gasteiger partial charge in [-0.05, 0) is 59.7 Å². The van der Waals surface area contributed by atoms with Crippen molar-refractivity contribution in [1.29, 1.82) is 0 Å². The van der Waals surface area contributed by atoms with Crippen LogP contribution in [-0.2, 0) is 16.2 Å². The molecule has 0 radical (unpaired) electrons. The summed E-state index contributed by atoms with van der Waals surface area (Å²) in [6.07, 6.45) is 1.44. The van der Waals surface area contributed by atoms with Crippen LogP contribution in [-0.4, -0.2) is 18.0 Å². The van der Waals surface area contributed by atoms with E-state index >= 15 is 0 Å². The molecule has 3 aromatic carbocycles. The maximum atomic E-state index is 11.8. The van der Waals surface area contributed by atoms with Crippen molar-refractivity contribution in [2.75, 3.05) is 5.32 Å². The van der Waals surface area contributed by atoms with Crippen LogP contribution in [0.4, 0.5) is 5.69 Å². The first kappa shape index (κ1) is 20.1. The molecule has 7 heteroatoms. The second kappa shape index (κ2) is 10.1. The van der Waals surface area contributed by atoms with E-state index in [4.69, 9.17) is 16.3 Å². The third-order valence-corrected chi connectivity index (χ3v) is 4.07. The Morgan fingerprint density at radius 2 is 1.59 bits per heavy atom. The number of hydrogen-bond acceptors (Lipinski definition) is 4. The van der Waals surface area contributed by atoms with Gasteiger partial charge in [0.15, 0.2) is 0 Å². The molecule has 0 unspecified atom stereocenters. The SMILES string of the molecule is O=C(NN=Cc1ccc(OCc2ccccc2)cc1)C(=O)Nc1ccc(Cl)cc1. The third kappa shape index (κ3) is 6.48. The quantitative estimate of drug-likeness (QED) is 0.368. The Kier molecular flexibility index (Phi) is 6.97. The molecule has 0 aliphatic rings. The third-order valence-electron chi connectivity index (χ3n) is 3.82. The van der Waals surface area contributed by atoms with Crippen LogP contribution in [0.3, 0.4) is 0 Å².